The molecule has 1 aromatic rings. The van der Waals surface area contributed by atoms with E-state index in [1.807, 2.05) is 18.7 Å². The molecule has 1 aliphatic rings. The molecule has 0 bridgehead atoms. The van der Waals surface area contributed by atoms with E-state index in [-0.39, 0.29) is 11.7 Å². The number of aryl methyl sites for hydroxylation is 2. The average molecular weight is 334 g/mol. The van der Waals surface area contributed by atoms with Gasteiger partial charge < -0.3 is 9.80 Å². The molecule has 1 aliphatic heterocycles. The first-order chi connectivity index (χ1) is 11.3. The minimum atomic E-state index is 0.0322. The molecule has 1 atom stereocenters. The number of Topliss-reactive ketones (excluding diaryl/α,β-unsaturated/α-hetero) is 1. The summed E-state index contributed by atoms with van der Waals surface area (Å²) in [4.78, 5) is 28.5. The highest BCUT2D eigenvalue weighted by atomic mass is 16.2. The van der Waals surface area contributed by atoms with Crippen LogP contribution >= 0.6 is 0 Å². The van der Waals surface area contributed by atoms with Gasteiger partial charge in [0.25, 0.3) is 0 Å². The molecule has 0 saturated carbocycles. The lowest BCUT2D eigenvalue weighted by atomic mass is 10.1. The van der Waals surface area contributed by atoms with E-state index < -0.39 is 0 Å². The SMILES string of the molecule is CC(=O)c1c(C)nn(CCC(=O)N2CCCC(N(C)C)CC2)c1C. The minimum absolute atomic E-state index is 0.0322. The predicted molar refractivity (Wildman–Crippen MR) is 94.2 cm³/mol. The maximum atomic E-state index is 12.5. The highest BCUT2D eigenvalue weighted by Crippen LogP contribution is 2.17. The molecule has 0 radical (unpaired) electrons. The number of hydrogen-bond acceptors (Lipinski definition) is 4. The Hall–Kier alpha value is -1.69. The zero-order chi connectivity index (χ0) is 17.9. The fourth-order valence-corrected chi connectivity index (χ4v) is 3.63. The average Bonchev–Trinajstić information content (AvgIpc) is 2.68. The van der Waals surface area contributed by atoms with E-state index in [9.17, 15) is 9.59 Å². The molecule has 0 aliphatic carbocycles. The lowest BCUT2D eigenvalue weighted by Gasteiger charge is -2.23. The van der Waals surface area contributed by atoms with Crippen LogP contribution in [0.1, 0.15) is 54.4 Å². The summed E-state index contributed by atoms with van der Waals surface area (Å²) in [7, 11) is 4.22. The standard InChI is InChI=1S/C18H30N4O2/c1-13-18(15(3)23)14(2)22(19-13)12-9-17(24)21-10-6-7-16(8-11-21)20(4)5/h16H,6-12H2,1-5H3. The molecule has 1 unspecified atom stereocenters. The number of hydrogen-bond donors (Lipinski definition) is 0. The molecule has 0 aromatic carbocycles. The van der Waals surface area contributed by atoms with Crippen molar-refractivity contribution in [1.82, 2.24) is 19.6 Å². The molecule has 1 aromatic heterocycles. The van der Waals surface area contributed by atoms with E-state index >= 15 is 0 Å². The number of nitrogens with zero attached hydrogens (tertiary/aromatic N) is 4. The summed E-state index contributed by atoms with van der Waals surface area (Å²) in [6, 6.07) is 0.567. The molecule has 6 heteroatoms. The van der Waals surface area contributed by atoms with Crippen molar-refractivity contribution < 1.29 is 9.59 Å². The second kappa shape index (κ2) is 7.92. The Balaban J connectivity index is 1.94. The van der Waals surface area contributed by atoms with Gasteiger partial charge in [0.05, 0.1) is 11.3 Å². The third-order valence-electron chi connectivity index (χ3n) is 5.05. The van der Waals surface area contributed by atoms with Gasteiger partial charge in [0, 0.05) is 37.8 Å². The van der Waals surface area contributed by atoms with Crippen LogP contribution < -0.4 is 0 Å². The van der Waals surface area contributed by atoms with E-state index in [2.05, 4.69) is 24.1 Å². The van der Waals surface area contributed by atoms with Gasteiger partial charge in [0.2, 0.25) is 5.91 Å². The van der Waals surface area contributed by atoms with Gasteiger partial charge in [0.1, 0.15) is 0 Å². The minimum Gasteiger partial charge on any atom is -0.343 e. The highest BCUT2D eigenvalue weighted by Gasteiger charge is 2.22. The van der Waals surface area contributed by atoms with Crippen molar-refractivity contribution in [3.8, 4) is 0 Å². The molecule has 0 N–H and O–H groups in total. The summed E-state index contributed by atoms with van der Waals surface area (Å²) in [5.74, 6) is 0.219. The van der Waals surface area contributed by atoms with Crippen LogP contribution in [-0.2, 0) is 11.3 Å². The van der Waals surface area contributed by atoms with Gasteiger partial charge in [-0.15, -0.1) is 0 Å². The molecule has 1 fully saturated rings. The number of rotatable bonds is 5. The maximum absolute atomic E-state index is 12.5. The molecule has 6 nitrogen and oxygen atoms in total. The Bertz CT molecular complexity index is 606. The smallest absolute Gasteiger partial charge is 0.224 e. The predicted octanol–water partition coefficient (Wildman–Crippen LogP) is 2.04. The largest absolute Gasteiger partial charge is 0.343 e. The molecule has 134 valence electrons. The van der Waals surface area contributed by atoms with Gasteiger partial charge in [-0.25, -0.2) is 0 Å². The Morgan fingerprint density at radius 3 is 2.50 bits per heavy atom. The van der Waals surface area contributed by atoms with E-state index in [1.54, 1.807) is 11.6 Å². The fourth-order valence-electron chi connectivity index (χ4n) is 3.63. The topological polar surface area (TPSA) is 58.4 Å². The number of likely N-dealkylation sites (tertiary alicyclic amines) is 1. The van der Waals surface area contributed by atoms with Crippen molar-refractivity contribution in [2.45, 2.75) is 59.0 Å². The number of carbonyl (C=O) groups excluding carboxylic acids is 2. The zero-order valence-electron chi connectivity index (χ0n) is 15.6. The second-order valence-electron chi connectivity index (χ2n) is 7.00. The first-order valence-electron chi connectivity index (χ1n) is 8.80. The summed E-state index contributed by atoms with van der Waals surface area (Å²) < 4.78 is 1.80. The Labute approximate surface area is 144 Å². The monoisotopic (exact) mass is 334 g/mol. The third-order valence-corrected chi connectivity index (χ3v) is 5.05. The summed E-state index contributed by atoms with van der Waals surface area (Å²) in [5, 5.41) is 4.42. The van der Waals surface area contributed by atoms with Gasteiger partial charge in [-0.05, 0) is 54.1 Å². The molecule has 1 amide bonds. The molecule has 24 heavy (non-hydrogen) atoms. The third kappa shape index (κ3) is 4.23. The summed E-state index contributed by atoms with van der Waals surface area (Å²) in [6.45, 7) is 7.51. The van der Waals surface area contributed by atoms with Crippen LogP contribution in [0.3, 0.4) is 0 Å². The number of aromatic nitrogens is 2. The zero-order valence-corrected chi connectivity index (χ0v) is 15.6. The summed E-state index contributed by atoms with van der Waals surface area (Å²) in [6.07, 6.45) is 3.68. The Morgan fingerprint density at radius 1 is 1.21 bits per heavy atom. The van der Waals surface area contributed by atoms with Gasteiger partial charge in [-0.3, -0.25) is 14.3 Å². The van der Waals surface area contributed by atoms with E-state index in [0.29, 0.717) is 24.6 Å². The molecular formula is C18H30N4O2. The van der Waals surface area contributed by atoms with E-state index in [1.165, 1.54) is 0 Å². The first kappa shape index (κ1) is 18.6. The highest BCUT2D eigenvalue weighted by molar-refractivity contribution is 5.96. The van der Waals surface area contributed by atoms with Crippen molar-refractivity contribution in [3.63, 3.8) is 0 Å². The normalized spacial score (nSPS) is 18.8. The van der Waals surface area contributed by atoms with Gasteiger partial charge >= 0.3 is 0 Å². The van der Waals surface area contributed by atoms with E-state index in [0.717, 1.165) is 43.7 Å². The van der Waals surface area contributed by atoms with Gasteiger partial charge in [-0.1, -0.05) is 0 Å². The lowest BCUT2D eigenvalue weighted by Crippen LogP contribution is -2.34. The van der Waals surface area contributed by atoms with Crippen molar-refractivity contribution >= 4 is 11.7 Å². The quantitative estimate of drug-likeness (QED) is 0.773. The van der Waals surface area contributed by atoms with Crippen LogP contribution in [0.4, 0.5) is 0 Å². The van der Waals surface area contributed by atoms with Gasteiger partial charge in [0.15, 0.2) is 5.78 Å². The van der Waals surface area contributed by atoms with Crippen LogP contribution in [0, 0.1) is 13.8 Å². The molecule has 2 rings (SSSR count). The van der Waals surface area contributed by atoms with Crippen LogP contribution in [0.15, 0.2) is 0 Å². The van der Waals surface area contributed by atoms with Crippen molar-refractivity contribution in [1.29, 1.82) is 0 Å². The number of ketones is 1. The molecular weight excluding hydrogens is 304 g/mol. The summed E-state index contributed by atoms with van der Waals surface area (Å²) in [5.41, 5.74) is 2.29. The number of carbonyl (C=O) groups is 2. The van der Waals surface area contributed by atoms with Crippen molar-refractivity contribution in [2.75, 3.05) is 27.2 Å². The van der Waals surface area contributed by atoms with Crippen molar-refractivity contribution in [3.05, 3.63) is 17.0 Å². The van der Waals surface area contributed by atoms with Gasteiger partial charge in [-0.2, -0.15) is 5.10 Å². The van der Waals surface area contributed by atoms with Crippen LogP contribution in [0.25, 0.3) is 0 Å². The fraction of sp³-hybridized carbons (Fsp3) is 0.722. The van der Waals surface area contributed by atoms with Crippen LogP contribution in [0.5, 0.6) is 0 Å². The lowest BCUT2D eigenvalue weighted by molar-refractivity contribution is -0.131. The second-order valence-corrected chi connectivity index (χ2v) is 7.00. The Morgan fingerprint density at radius 2 is 1.92 bits per heavy atom. The first-order valence-corrected chi connectivity index (χ1v) is 8.80. The number of amides is 1. The molecule has 1 saturated heterocycles. The van der Waals surface area contributed by atoms with Crippen LogP contribution in [0.2, 0.25) is 0 Å². The molecule has 0 spiro atoms. The summed E-state index contributed by atoms with van der Waals surface area (Å²) >= 11 is 0. The maximum Gasteiger partial charge on any atom is 0.224 e. The van der Waals surface area contributed by atoms with Crippen molar-refractivity contribution in [2.24, 2.45) is 0 Å². The Kier molecular flexibility index (Phi) is 6.15. The van der Waals surface area contributed by atoms with E-state index in [4.69, 9.17) is 0 Å². The van der Waals surface area contributed by atoms with Crippen LogP contribution in [-0.4, -0.2) is 64.5 Å². The molecule has 2 heterocycles.